The van der Waals surface area contributed by atoms with Crippen LogP contribution in [0, 0.1) is 0 Å². The average Bonchev–Trinajstić information content (AvgIpc) is 3.15. The van der Waals surface area contributed by atoms with E-state index in [2.05, 4.69) is 57.4 Å². The Morgan fingerprint density at radius 2 is 1.68 bits per heavy atom. The molecule has 2 aromatic heterocycles. The van der Waals surface area contributed by atoms with Crippen LogP contribution in [0.2, 0.25) is 0 Å². The van der Waals surface area contributed by atoms with Crippen LogP contribution in [0.4, 0.5) is 0 Å². The molecular weight excluding hydrogens is 366 g/mol. The number of H-pyrrole nitrogens is 1. The van der Waals surface area contributed by atoms with Crippen molar-refractivity contribution in [2.45, 2.75) is 16.4 Å². The molecule has 0 aliphatic rings. The molecule has 5 aromatic rings. The highest BCUT2D eigenvalue weighted by Crippen LogP contribution is 2.29. The second-order valence-electron chi connectivity index (χ2n) is 6.45. The zero-order chi connectivity index (χ0) is 18.8. The van der Waals surface area contributed by atoms with Crippen molar-refractivity contribution in [2.24, 2.45) is 0 Å². The molecule has 0 saturated carbocycles. The van der Waals surface area contributed by atoms with E-state index in [0.29, 0.717) is 6.61 Å². The monoisotopic (exact) mass is 383 g/mol. The number of nitrogens with one attached hydrogen (secondary N) is 1. The summed E-state index contributed by atoms with van der Waals surface area (Å²) in [7, 11) is 0. The minimum absolute atomic E-state index is 0.403. The third-order valence-corrected chi connectivity index (χ3v) is 5.48. The minimum atomic E-state index is 0.403. The Labute approximate surface area is 166 Å². The van der Waals surface area contributed by atoms with Crippen molar-refractivity contribution in [1.82, 2.24) is 15.0 Å². The Kier molecular flexibility index (Phi) is 4.43. The number of fused-ring (bicyclic) bond motifs is 2. The largest absolute Gasteiger partial charge is 0.486 e. The highest BCUT2D eigenvalue weighted by atomic mass is 32.2. The minimum Gasteiger partial charge on any atom is -0.486 e. The van der Waals surface area contributed by atoms with E-state index >= 15 is 0 Å². The number of nitrogens with zero attached hydrogens (tertiary/aromatic N) is 2. The summed E-state index contributed by atoms with van der Waals surface area (Å²) >= 11 is 1.70. The lowest BCUT2D eigenvalue weighted by Crippen LogP contribution is -1.97. The van der Waals surface area contributed by atoms with Crippen LogP contribution in [0.1, 0.15) is 5.82 Å². The first kappa shape index (κ1) is 16.8. The van der Waals surface area contributed by atoms with Gasteiger partial charge in [-0.2, -0.15) is 0 Å². The Bertz CT molecular complexity index is 1250. The Hall–Kier alpha value is -3.31. The molecule has 2 heterocycles. The second-order valence-corrected chi connectivity index (χ2v) is 7.59. The highest BCUT2D eigenvalue weighted by Gasteiger charge is 2.06. The van der Waals surface area contributed by atoms with Gasteiger partial charge in [0.2, 0.25) is 0 Å². The van der Waals surface area contributed by atoms with E-state index in [1.165, 1.54) is 10.8 Å². The fourth-order valence-corrected chi connectivity index (χ4v) is 3.96. The van der Waals surface area contributed by atoms with Crippen LogP contribution in [-0.4, -0.2) is 15.0 Å². The van der Waals surface area contributed by atoms with E-state index in [4.69, 9.17) is 4.74 Å². The molecule has 0 aliphatic carbocycles. The van der Waals surface area contributed by atoms with Crippen molar-refractivity contribution in [3.05, 3.63) is 91.0 Å². The van der Waals surface area contributed by atoms with Gasteiger partial charge in [-0.25, -0.2) is 4.98 Å². The molecule has 136 valence electrons. The van der Waals surface area contributed by atoms with Crippen LogP contribution < -0.4 is 4.74 Å². The summed E-state index contributed by atoms with van der Waals surface area (Å²) in [6.45, 7) is 0.403. The van der Waals surface area contributed by atoms with E-state index < -0.39 is 0 Å². The molecule has 0 fully saturated rings. The standard InChI is InChI=1S/C23H17N3OS/c1-2-4-17-13-18(6-5-16(17)3-1)27-15-23-25-21-8-7-20(14-22(21)26-23)28-19-9-11-24-12-10-19/h1-14H,15H2,(H,25,26). The maximum Gasteiger partial charge on any atom is 0.146 e. The lowest BCUT2D eigenvalue weighted by atomic mass is 10.1. The Morgan fingerprint density at radius 1 is 0.821 bits per heavy atom. The first-order valence-corrected chi connectivity index (χ1v) is 9.83. The molecule has 1 N–H and O–H groups in total. The SMILES string of the molecule is c1ccc2cc(OCc3nc4cc(Sc5ccncc5)ccc4[nH]3)ccc2c1. The second kappa shape index (κ2) is 7.37. The van der Waals surface area contributed by atoms with Crippen LogP contribution >= 0.6 is 11.8 Å². The number of rotatable bonds is 5. The number of ether oxygens (including phenoxy) is 1. The van der Waals surface area contributed by atoms with E-state index in [-0.39, 0.29) is 0 Å². The van der Waals surface area contributed by atoms with E-state index in [1.807, 2.05) is 30.3 Å². The fraction of sp³-hybridized carbons (Fsp3) is 0.0435. The maximum atomic E-state index is 5.95. The molecule has 0 bridgehead atoms. The maximum absolute atomic E-state index is 5.95. The zero-order valence-electron chi connectivity index (χ0n) is 15.0. The third-order valence-electron chi connectivity index (χ3n) is 4.49. The van der Waals surface area contributed by atoms with Gasteiger partial charge < -0.3 is 9.72 Å². The third kappa shape index (κ3) is 3.57. The summed E-state index contributed by atoms with van der Waals surface area (Å²) in [4.78, 5) is 14.4. The van der Waals surface area contributed by atoms with Crippen LogP contribution in [0.5, 0.6) is 5.75 Å². The van der Waals surface area contributed by atoms with Gasteiger partial charge in [0.25, 0.3) is 0 Å². The van der Waals surface area contributed by atoms with Crippen molar-refractivity contribution < 1.29 is 4.74 Å². The van der Waals surface area contributed by atoms with E-state index in [9.17, 15) is 0 Å². The van der Waals surface area contributed by atoms with Crippen molar-refractivity contribution in [3.63, 3.8) is 0 Å². The molecule has 0 amide bonds. The van der Waals surface area contributed by atoms with Crippen LogP contribution in [0.25, 0.3) is 21.8 Å². The van der Waals surface area contributed by atoms with Gasteiger partial charge in [-0.1, -0.05) is 42.1 Å². The zero-order valence-corrected chi connectivity index (χ0v) is 15.8. The molecule has 4 nitrogen and oxygen atoms in total. The van der Waals surface area contributed by atoms with Crippen molar-refractivity contribution in [3.8, 4) is 5.75 Å². The summed E-state index contributed by atoms with van der Waals surface area (Å²) in [5.74, 6) is 1.65. The molecule has 28 heavy (non-hydrogen) atoms. The molecule has 3 aromatic carbocycles. The van der Waals surface area contributed by atoms with Crippen molar-refractivity contribution in [1.29, 1.82) is 0 Å². The summed E-state index contributed by atoms with van der Waals surface area (Å²) in [5, 5.41) is 2.38. The fourth-order valence-electron chi connectivity index (χ4n) is 3.12. The molecule has 5 heteroatoms. The van der Waals surface area contributed by atoms with Gasteiger partial charge in [-0.05, 0) is 53.2 Å². The molecule has 0 radical (unpaired) electrons. The molecule has 5 rings (SSSR count). The summed E-state index contributed by atoms with van der Waals surface area (Å²) in [6, 6.07) is 24.6. The number of hydrogen-bond donors (Lipinski definition) is 1. The number of benzene rings is 3. The average molecular weight is 383 g/mol. The molecule has 0 unspecified atom stereocenters. The van der Waals surface area contributed by atoms with Crippen molar-refractivity contribution >= 4 is 33.6 Å². The van der Waals surface area contributed by atoms with Gasteiger partial charge in [0, 0.05) is 22.2 Å². The number of aromatic nitrogens is 3. The van der Waals surface area contributed by atoms with Gasteiger partial charge in [0.05, 0.1) is 11.0 Å². The topological polar surface area (TPSA) is 50.8 Å². The van der Waals surface area contributed by atoms with Gasteiger partial charge >= 0.3 is 0 Å². The number of hydrogen-bond acceptors (Lipinski definition) is 4. The van der Waals surface area contributed by atoms with E-state index in [1.54, 1.807) is 24.2 Å². The molecular formula is C23H17N3OS. The van der Waals surface area contributed by atoms with Crippen LogP contribution in [-0.2, 0) is 6.61 Å². The number of pyridine rings is 1. The summed E-state index contributed by atoms with van der Waals surface area (Å²) < 4.78 is 5.95. The first-order chi connectivity index (χ1) is 13.8. The van der Waals surface area contributed by atoms with Gasteiger partial charge in [0.15, 0.2) is 0 Å². The molecule has 0 spiro atoms. The number of aromatic amines is 1. The van der Waals surface area contributed by atoms with Crippen LogP contribution in [0.3, 0.4) is 0 Å². The van der Waals surface area contributed by atoms with Gasteiger partial charge in [-0.3, -0.25) is 4.98 Å². The highest BCUT2D eigenvalue weighted by molar-refractivity contribution is 7.99. The smallest absolute Gasteiger partial charge is 0.146 e. The van der Waals surface area contributed by atoms with E-state index in [0.717, 1.165) is 32.4 Å². The molecule has 0 aliphatic heterocycles. The Morgan fingerprint density at radius 3 is 2.57 bits per heavy atom. The molecule has 0 saturated heterocycles. The van der Waals surface area contributed by atoms with Crippen molar-refractivity contribution in [2.75, 3.05) is 0 Å². The normalized spacial score (nSPS) is 11.1. The predicted molar refractivity (Wildman–Crippen MR) is 113 cm³/mol. The lowest BCUT2D eigenvalue weighted by molar-refractivity contribution is 0.298. The van der Waals surface area contributed by atoms with Gasteiger partial charge in [-0.15, -0.1) is 0 Å². The van der Waals surface area contributed by atoms with Crippen LogP contribution in [0.15, 0.2) is 95.0 Å². The number of imidazole rings is 1. The van der Waals surface area contributed by atoms with Gasteiger partial charge in [0.1, 0.15) is 18.2 Å². The summed E-state index contributed by atoms with van der Waals surface area (Å²) in [6.07, 6.45) is 3.61. The first-order valence-electron chi connectivity index (χ1n) is 9.02. The lowest BCUT2D eigenvalue weighted by Gasteiger charge is -2.05. The summed E-state index contributed by atoms with van der Waals surface area (Å²) in [5.41, 5.74) is 1.95. The Balaban J connectivity index is 1.33. The quantitative estimate of drug-likeness (QED) is 0.414. The predicted octanol–water partition coefficient (Wildman–Crippen LogP) is 5.84. The molecule has 0 atom stereocenters.